The fourth-order valence-electron chi connectivity index (χ4n) is 3.21. The Labute approximate surface area is 132 Å². The third kappa shape index (κ3) is 3.50. The van der Waals surface area contributed by atoms with Gasteiger partial charge in [-0.2, -0.15) is 5.10 Å². The molecule has 0 amide bonds. The second-order valence-corrected chi connectivity index (χ2v) is 6.16. The Hall–Kier alpha value is -1.81. The predicted molar refractivity (Wildman–Crippen MR) is 88.3 cm³/mol. The molecule has 1 aliphatic rings. The minimum atomic E-state index is 0.541. The molecule has 4 heteroatoms. The molecule has 4 nitrogen and oxygen atoms in total. The number of piperidine rings is 1. The number of benzene rings is 1. The van der Waals surface area contributed by atoms with E-state index in [-0.39, 0.29) is 0 Å². The molecule has 1 atom stereocenters. The summed E-state index contributed by atoms with van der Waals surface area (Å²) >= 11 is 0. The number of nitrogens with zero attached hydrogens (tertiary/aromatic N) is 2. The first-order valence-corrected chi connectivity index (χ1v) is 8.13. The van der Waals surface area contributed by atoms with E-state index in [4.69, 9.17) is 9.84 Å². The second kappa shape index (κ2) is 6.97. The third-order valence-electron chi connectivity index (χ3n) is 4.72. The fourth-order valence-corrected chi connectivity index (χ4v) is 3.21. The van der Waals surface area contributed by atoms with Gasteiger partial charge in [-0.1, -0.05) is 19.1 Å². The van der Waals surface area contributed by atoms with Crippen LogP contribution in [0, 0.1) is 5.92 Å². The lowest BCUT2D eigenvalue weighted by Gasteiger charge is -2.27. The molecule has 1 unspecified atom stereocenters. The van der Waals surface area contributed by atoms with E-state index in [2.05, 4.69) is 36.6 Å². The lowest BCUT2D eigenvalue weighted by atomic mass is 9.84. The third-order valence-corrected chi connectivity index (χ3v) is 4.72. The van der Waals surface area contributed by atoms with Crippen molar-refractivity contribution in [2.45, 2.75) is 32.2 Å². The molecule has 3 rings (SSSR count). The van der Waals surface area contributed by atoms with Gasteiger partial charge in [-0.05, 0) is 55.6 Å². The summed E-state index contributed by atoms with van der Waals surface area (Å²) < 4.78 is 7.23. The first-order valence-electron chi connectivity index (χ1n) is 8.13. The monoisotopic (exact) mass is 299 g/mol. The van der Waals surface area contributed by atoms with E-state index in [1.807, 2.05) is 16.8 Å². The van der Waals surface area contributed by atoms with Crippen LogP contribution in [-0.2, 0) is 6.54 Å². The van der Waals surface area contributed by atoms with Crippen molar-refractivity contribution >= 4 is 0 Å². The average Bonchev–Trinajstić information content (AvgIpc) is 3.04. The molecule has 2 aromatic rings. The Kier molecular flexibility index (Phi) is 4.78. The van der Waals surface area contributed by atoms with Crippen LogP contribution in [0.25, 0.3) is 0 Å². The smallest absolute Gasteiger partial charge is 0.118 e. The van der Waals surface area contributed by atoms with Crippen LogP contribution in [0.3, 0.4) is 0 Å². The molecule has 0 aliphatic carbocycles. The van der Waals surface area contributed by atoms with E-state index < -0.39 is 0 Å². The number of methoxy groups -OCH3 is 1. The summed E-state index contributed by atoms with van der Waals surface area (Å²) in [5.74, 6) is 2.19. The van der Waals surface area contributed by atoms with E-state index in [0.29, 0.717) is 5.92 Å². The SMILES string of the molecule is COc1ccc(Cn2ccc(C(C)C3CCNCC3)n2)cc1. The van der Waals surface area contributed by atoms with E-state index in [9.17, 15) is 0 Å². The second-order valence-electron chi connectivity index (χ2n) is 6.16. The van der Waals surface area contributed by atoms with Crippen LogP contribution in [-0.4, -0.2) is 30.0 Å². The minimum Gasteiger partial charge on any atom is -0.497 e. The van der Waals surface area contributed by atoms with E-state index in [1.165, 1.54) is 24.1 Å². The Morgan fingerprint density at radius 3 is 2.64 bits per heavy atom. The van der Waals surface area contributed by atoms with Crippen LogP contribution in [0.4, 0.5) is 0 Å². The Morgan fingerprint density at radius 1 is 1.23 bits per heavy atom. The van der Waals surface area contributed by atoms with Crippen molar-refractivity contribution in [3.8, 4) is 5.75 Å². The summed E-state index contributed by atoms with van der Waals surface area (Å²) in [4.78, 5) is 0. The molecule has 1 N–H and O–H groups in total. The topological polar surface area (TPSA) is 39.1 Å². The summed E-state index contributed by atoms with van der Waals surface area (Å²) in [6.45, 7) is 5.40. The van der Waals surface area contributed by atoms with Crippen molar-refractivity contribution < 1.29 is 4.74 Å². The van der Waals surface area contributed by atoms with Gasteiger partial charge >= 0.3 is 0 Å². The van der Waals surface area contributed by atoms with Gasteiger partial charge in [-0.15, -0.1) is 0 Å². The lowest BCUT2D eigenvalue weighted by molar-refractivity contribution is 0.325. The van der Waals surface area contributed by atoms with Crippen LogP contribution in [0.1, 0.15) is 36.9 Å². The maximum absolute atomic E-state index is 5.19. The number of rotatable bonds is 5. The quantitative estimate of drug-likeness (QED) is 0.922. The summed E-state index contributed by atoms with van der Waals surface area (Å²) in [5, 5.41) is 8.22. The predicted octanol–water partition coefficient (Wildman–Crippen LogP) is 3.04. The summed E-state index contributed by atoms with van der Waals surface area (Å²) in [6, 6.07) is 10.4. The van der Waals surface area contributed by atoms with Crippen LogP contribution in [0.5, 0.6) is 5.75 Å². The van der Waals surface area contributed by atoms with E-state index in [1.54, 1.807) is 7.11 Å². The van der Waals surface area contributed by atoms with Crippen molar-refractivity contribution in [1.29, 1.82) is 0 Å². The molecule has 0 saturated carbocycles. The highest BCUT2D eigenvalue weighted by atomic mass is 16.5. The molecule has 0 radical (unpaired) electrons. The highest BCUT2D eigenvalue weighted by Gasteiger charge is 2.22. The molecule has 1 saturated heterocycles. The van der Waals surface area contributed by atoms with E-state index in [0.717, 1.165) is 31.3 Å². The molecular weight excluding hydrogens is 274 g/mol. The Bertz CT molecular complexity index is 585. The summed E-state index contributed by atoms with van der Waals surface area (Å²) in [7, 11) is 1.69. The maximum atomic E-state index is 5.19. The van der Waals surface area contributed by atoms with Crippen LogP contribution in [0.15, 0.2) is 36.5 Å². The molecule has 1 aliphatic heterocycles. The molecule has 1 aromatic heterocycles. The highest BCUT2D eigenvalue weighted by molar-refractivity contribution is 5.27. The number of hydrogen-bond donors (Lipinski definition) is 1. The lowest BCUT2D eigenvalue weighted by Crippen LogP contribution is -2.30. The fraction of sp³-hybridized carbons (Fsp3) is 0.500. The zero-order valence-electron chi connectivity index (χ0n) is 13.5. The molecule has 1 fully saturated rings. The van der Waals surface area contributed by atoms with Crippen LogP contribution < -0.4 is 10.1 Å². The van der Waals surface area contributed by atoms with Crippen molar-refractivity contribution in [1.82, 2.24) is 15.1 Å². The largest absolute Gasteiger partial charge is 0.497 e. The number of aromatic nitrogens is 2. The molecule has 2 heterocycles. The van der Waals surface area contributed by atoms with Gasteiger partial charge in [0.2, 0.25) is 0 Å². The molecule has 0 spiro atoms. The van der Waals surface area contributed by atoms with Crippen molar-refractivity contribution in [3.05, 3.63) is 47.8 Å². The first-order chi connectivity index (χ1) is 10.8. The molecule has 22 heavy (non-hydrogen) atoms. The standard InChI is InChI=1S/C18H25N3O/c1-14(16-7-10-19-11-8-16)18-9-12-21(20-18)13-15-3-5-17(22-2)6-4-15/h3-6,9,12,14,16,19H,7-8,10-11,13H2,1-2H3. The Balaban J connectivity index is 1.64. The minimum absolute atomic E-state index is 0.541. The van der Waals surface area contributed by atoms with Gasteiger partial charge in [0, 0.05) is 12.1 Å². The number of hydrogen-bond acceptors (Lipinski definition) is 3. The molecule has 118 valence electrons. The highest BCUT2D eigenvalue weighted by Crippen LogP contribution is 2.29. The summed E-state index contributed by atoms with van der Waals surface area (Å²) in [5.41, 5.74) is 2.46. The van der Waals surface area contributed by atoms with Gasteiger partial charge in [0.05, 0.1) is 19.3 Å². The zero-order chi connectivity index (χ0) is 15.4. The number of nitrogens with one attached hydrogen (secondary N) is 1. The van der Waals surface area contributed by atoms with Gasteiger partial charge < -0.3 is 10.1 Å². The van der Waals surface area contributed by atoms with Gasteiger partial charge in [0.25, 0.3) is 0 Å². The van der Waals surface area contributed by atoms with Crippen LogP contribution >= 0.6 is 0 Å². The van der Waals surface area contributed by atoms with Gasteiger partial charge in [-0.25, -0.2) is 0 Å². The van der Waals surface area contributed by atoms with Crippen molar-refractivity contribution in [3.63, 3.8) is 0 Å². The number of ether oxygens (including phenoxy) is 1. The summed E-state index contributed by atoms with van der Waals surface area (Å²) in [6.07, 6.45) is 4.61. The van der Waals surface area contributed by atoms with Gasteiger partial charge in [-0.3, -0.25) is 4.68 Å². The average molecular weight is 299 g/mol. The zero-order valence-corrected chi connectivity index (χ0v) is 13.5. The molecule has 0 bridgehead atoms. The first kappa shape index (κ1) is 15.1. The van der Waals surface area contributed by atoms with Crippen molar-refractivity contribution in [2.24, 2.45) is 5.92 Å². The molecule has 1 aromatic carbocycles. The molecular formula is C18H25N3O. The van der Waals surface area contributed by atoms with Crippen LogP contribution in [0.2, 0.25) is 0 Å². The normalized spacial score (nSPS) is 17.4. The van der Waals surface area contributed by atoms with Gasteiger partial charge in [0.1, 0.15) is 5.75 Å². The van der Waals surface area contributed by atoms with Gasteiger partial charge in [0.15, 0.2) is 0 Å². The Morgan fingerprint density at radius 2 is 1.95 bits per heavy atom. The maximum Gasteiger partial charge on any atom is 0.118 e. The van der Waals surface area contributed by atoms with E-state index >= 15 is 0 Å². The van der Waals surface area contributed by atoms with Crippen molar-refractivity contribution in [2.75, 3.05) is 20.2 Å².